The van der Waals surface area contributed by atoms with E-state index in [1.807, 2.05) is 43.9 Å². The molecule has 26 heavy (non-hydrogen) atoms. The van der Waals surface area contributed by atoms with E-state index in [2.05, 4.69) is 27.5 Å². The lowest BCUT2D eigenvalue weighted by Gasteiger charge is -2.24. The van der Waals surface area contributed by atoms with Crippen LogP contribution in [0.1, 0.15) is 32.4 Å². The van der Waals surface area contributed by atoms with Crippen molar-refractivity contribution in [2.75, 3.05) is 39.0 Å². The number of nitrogens with zero attached hydrogens (tertiary/aromatic N) is 3. The fourth-order valence-electron chi connectivity index (χ4n) is 2.81. The third kappa shape index (κ3) is 6.86. The van der Waals surface area contributed by atoms with Gasteiger partial charge in [-0.15, -0.1) is 0 Å². The van der Waals surface area contributed by atoms with Crippen molar-refractivity contribution < 1.29 is 4.79 Å². The lowest BCUT2D eigenvalue weighted by Crippen LogP contribution is -2.44. The Hall–Kier alpha value is -1.76. The van der Waals surface area contributed by atoms with Crippen molar-refractivity contribution in [1.29, 1.82) is 0 Å². The highest BCUT2D eigenvalue weighted by atomic mass is 32.2. The van der Waals surface area contributed by atoms with Crippen LogP contribution in [0.2, 0.25) is 0 Å². The molecule has 0 bridgehead atoms. The Labute approximate surface area is 161 Å². The molecule has 0 aromatic carbocycles. The van der Waals surface area contributed by atoms with Gasteiger partial charge in [-0.2, -0.15) is 11.8 Å². The van der Waals surface area contributed by atoms with Gasteiger partial charge in [-0.05, 0) is 44.6 Å². The molecule has 2 rings (SSSR count). The average Bonchev–Trinajstić information content (AvgIpc) is 3.09. The number of hydrogen-bond acceptors (Lipinski definition) is 4. The quantitative estimate of drug-likeness (QED) is 0.535. The number of amides is 1. The van der Waals surface area contributed by atoms with Gasteiger partial charge in [0.1, 0.15) is 6.54 Å². The second kappa shape index (κ2) is 10.4. The molecular formula is C19H31N5OS. The average molecular weight is 378 g/mol. The van der Waals surface area contributed by atoms with Crippen LogP contribution in [-0.2, 0) is 11.2 Å². The molecule has 1 saturated heterocycles. The highest BCUT2D eigenvalue weighted by molar-refractivity contribution is 8.00. The van der Waals surface area contributed by atoms with Crippen LogP contribution in [0.4, 0.5) is 0 Å². The Balaban J connectivity index is 1.79. The molecule has 7 heteroatoms. The molecule has 1 aliphatic heterocycles. The molecule has 2 heterocycles. The van der Waals surface area contributed by atoms with Gasteiger partial charge < -0.3 is 15.5 Å². The molecule has 1 fully saturated rings. The van der Waals surface area contributed by atoms with Crippen LogP contribution in [0.5, 0.6) is 0 Å². The lowest BCUT2D eigenvalue weighted by molar-refractivity contribution is -0.128. The molecule has 1 aliphatic rings. The molecule has 0 radical (unpaired) electrons. The largest absolute Gasteiger partial charge is 0.357 e. The predicted molar refractivity (Wildman–Crippen MR) is 110 cm³/mol. The maximum atomic E-state index is 12.3. The lowest BCUT2D eigenvalue weighted by atomic mass is 10.1. The van der Waals surface area contributed by atoms with Gasteiger partial charge in [-0.3, -0.25) is 9.78 Å². The Morgan fingerprint density at radius 1 is 1.42 bits per heavy atom. The summed E-state index contributed by atoms with van der Waals surface area (Å²) in [5.41, 5.74) is 0.993. The second-order valence-corrected chi connectivity index (χ2v) is 8.52. The van der Waals surface area contributed by atoms with E-state index >= 15 is 0 Å². The number of pyridine rings is 1. The smallest absolute Gasteiger partial charge is 0.244 e. The minimum atomic E-state index is 0.0135. The van der Waals surface area contributed by atoms with Gasteiger partial charge in [-0.1, -0.05) is 6.07 Å². The van der Waals surface area contributed by atoms with Crippen molar-refractivity contribution in [3.05, 3.63) is 30.1 Å². The van der Waals surface area contributed by atoms with Crippen LogP contribution >= 0.6 is 11.8 Å². The second-order valence-electron chi connectivity index (χ2n) is 6.84. The summed E-state index contributed by atoms with van der Waals surface area (Å²) in [6.07, 6.45) is 5.02. The van der Waals surface area contributed by atoms with Gasteiger partial charge in [0, 0.05) is 49.7 Å². The Bertz CT molecular complexity index is 587. The maximum Gasteiger partial charge on any atom is 0.244 e. The number of guanidine groups is 1. The number of aromatic nitrogens is 1. The van der Waals surface area contributed by atoms with Crippen molar-refractivity contribution in [1.82, 2.24) is 20.5 Å². The molecule has 0 saturated carbocycles. The van der Waals surface area contributed by atoms with Crippen LogP contribution < -0.4 is 10.6 Å². The van der Waals surface area contributed by atoms with Gasteiger partial charge in [-0.25, -0.2) is 4.99 Å². The highest BCUT2D eigenvalue weighted by Gasteiger charge is 2.29. The molecule has 0 spiro atoms. The Morgan fingerprint density at radius 2 is 2.27 bits per heavy atom. The summed E-state index contributed by atoms with van der Waals surface area (Å²) in [6, 6.07) is 5.84. The summed E-state index contributed by atoms with van der Waals surface area (Å²) in [6.45, 7) is 6.76. The first-order valence-electron chi connectivity index (χ1n) is 9.32. The normalized spacial score (nSPS) is 20.0. The molecule has 1 amide bonds. The van der Waals surface area contributed by atoms with E-state index in [1.54, 1.807) is 11.1 Å². The van der Waals surface area contributed by atoms with Crippen molar-refractivity contribution >= 4 is 23.6 Å². The summed E-state index contributed by atoms with van der Waals surface area (Å²) in [4.78, 5) is 22.8. The van der Waals surface area contributed by atoms with Gasteiger partial charge in [0.2, 0.25) is 5.91 Å². The minimum Gasteiger partial charge on any atom is -0.357 e. The number of rotatable bonds is 8. The molecule has 1 aromatic heterocycles. The zero-order chi connectivity index (χ0) is 18.8. The van der Waals surface area contributed by atoms with Crippen molar-refractivity contribution in [3.63, 3.8) is 0 Å². The Morgan fingerprint density at radius 3 is 2.92 bits per heavy atom. The zero-order valence-corrected chi connectivity index (χ0v) is 16.9. The molecule has 2 N–H and O–H groups in total. The molecule has 144 valence electrons. The van der Waals surface area contributed by atoms with Crippen LogP contribution in [0.15, 0.2) is 29.4 Å². The molecule has 1 aromatic rings. The summed E-state index contributed by atoms with van der Waals surface area (Å²) in [5, 5.41) is 6.62. The molecule has 0 aliphatic carbocycles. The fourth-order valence-corrected chi connectivity index (χ4v) is 4.05. The first-order chi connectivity index (χ1) is 12.5. The van der Waals surface area contributed by atoms with E-state index in [0.717, 1.165) is 25.2 Å². The number of nitrogens with one attached hydrogen (secondary N) is 2. The van der Waals surface area contributed by atoms with E-state index < -0.39 is 0 Å². The van der Waals surface area contributed by atoms with E-state index in [9.17, 15) is 4.79 Å². The highest BCUT2D eigenvalue weighted by Crippen LogP contribution is 2.36. The van der Waals surface area contributed by atoms with Crippen molar-refractivity contribution in [3.8, 4) is 0 Å². The third-order valence-corrected chi connectivity index (χ3v) is 6.04. The fraction of sp³-hybridized carbons (Fsp3) is 0.632. The van der Waals surface area contributed by atoms with Crippen LogP contribution in [0.3, 0.4) is 0 Å². The van der Waals surface area contributed by atoms with Gasteiger partial charge >= 0.3 is 0 Å². The van der Waals surface area contributed by atoms with Crippen LogP contribution in [0, 0.1) is 0 Å². The summed E-state index contributed by atoms with van der Waals surface area (Å²) in [5.74, 6) is 1.96. The van der Waals surface area contributed by atoms with Gasteiger partial charge in [0.15, 0.2) is 5.96 Å². The van der Waals surface area contributed by atoms with E-state index in [0.29, 0.717) is 12.5 Å². The summed E-state index contributed by atoms with van der Waals surface area (Å²) in [7, 11) is 1.82. The van der Waals surface area contributed by atoms with Crippen LogP contribution in [-0.4, -0.2) is 65.5 Å². The summed E-state index contributed by atoms with van der Waals surface area (Å²) < 4.78 is 0.264. The monoisotopic (exact) mass is 377 g/mol. The SMILES string of the molecule is CCNC(=NCC(=O)N(C)CCc1ccccn1)NCC1(C)CCCS1. The maximum absolute atomic E-state index is 12.3. The number of aliphatic imine (C=N–C) groups is 1. The first kappa shape index (κ1) is 20.6. The number of thioether (sulfide) groups is 1. The molecule has 1 unspecified atom stereocenters. The number of carbonyl (C=O) groups excluding carboxylic acids is 1. The number of carbonyl (C=O) groups is 1. The molecule has 1 atom stereocenters. The molecule has 6 nitrogen and oxygen atoms in total. The standard InChI is InChI=1S/C19H31N5OS/c1-4-20-18(23-15-19(2)10-7-13-26-19)22-14-17(25)24(3)12-9-16-8-5-6-11-21-16/h5-6,8,11H,4,7,9-10,12-15H2,1-3H3,(H2,20,22,23). The van der Waals surface area contributed by atoms with Crippen molar-refractivity contribution in [2.45, 2.75) is 37.9 Å². The number of hydrogen-bond donors (Lipinski definition) is 2. The van der Waals surface area contributed by atoms with Gasteiger partial charge in [0.25, 0.3) is 0 Å². The Kier molecular flexibility index (Phi) is 8.22. The minimum absolute atomic E-state index is 0.0135. The molecular weight excluding hydrogens is 346 g/mol. The summed E-state index contributed by atoms with van der Waals surface area (Å²) >= 11 is 2.01. The first-order valence-corrected chi connectivity index (χ1v) is 10.3. The third-order valence-electron chi connectivity index (χ3n) is 4.50. The predicted octanol–water partition coefficient (Wildman–Crippen LogP) is 1.92. The topological polar surface area (TPSA) is 69.6 Å². The number of likely N-dealkylation sites (N-methyl/N-ethyl adjacent to an activating group) is 1. The zero-order valence-electron chi connectivity index (χ0n) is 16.1. The van der Waals surface area contributed by atoms with E-state index in [-0.39, 0.29) is 17.2 Å². The van der Waals surface area contributed by atoms with E-state index in [1.165, 1.54) is 18.6 Å². The van der Waals surface area contributed by atoms with Crippen molar-refractivity contribution in [2.24, 2.45) is 4.99 Å². The van der Waals surface area contributed by atoms with E-state index in [4.69, 9.17) is 0 Å². The van der Waals surface area contributed by atoms with Crippen LogP contribution in [0.25, 0.3) is 0 Å². The van der Waals surface area contributed by atoms with Gasteiger partial charge in [0.05, 0.1) is 0 Å².